The molecule has 0 radical (unpaired) electrons. The van der Waals surface area contributed by atoms with Crippen LogP contribution in [0.2, 0.25) is 0 Å². The van der Waals surface area contributed by atoms with E-state index in [4.69, 9.17) is 9.47 Å². The molecule has 0 N–H and O–H groups in total. The molecule has 2 atom stereocenters. The van der Waals surface area contributed by atoms with Crippen molar-refractivity contribution in [2.45, 2.75) is 50.8 Å². The molecule has 0 unspecified atom stereocenters. The molecule has 1 aromatic carbocycles. The van der Waals surface area contributed by atoms with E-state index in [9.17, 15) is 4.79 Å². The molecule has 1 saturated carbocycles. The smallest absolute Gasteiger partial charge is 0.309 e. The van der Waals surface area contributed by atoms with Crippen LogP contribution in [0.3, 0.4) is 0 Å². The van der Waals surface area contributed by atoms with E-state index < -0.39 is 0 Å². The molecule has 1 heterocycles. The van der Waals surface area contributed by atoms with E-state index in [0.717, 1.165) is 50.9 Å². The fraction of sp³-hybridized carbons (Fsp3) is 0.632. The fourth-order valence-electron chi connectivity index (χ4n) is 3.78. The predicted octanol–water partition coefficient (Wildman–Crippen LogP) is 3.01. The van der Waals surface area contributed by atoms with Gasteiger partial charge >= 0.3 is 5.97 Å². The Bertz CT molecular complexity index is 499. The minimum absolute atomic E-state index is 0.0308. The maximum atomic E-state index is 12.3. The van der Waals surface area contributed by atoms with Crippen LogP contribution in [0.5, 0.6) is 0 Å². The summed E-state index contributed by atoms with van der Waals surface area (Å²) in [5.41, 5.74) is 1.05. The molecule has 0 spiro atoms. The Labute approximate surface area is 138 Å². The molecule has 0 bridgehead atoms. The van der Waals surface area contributed by atoms with Crippen LogP contribution in [0.25, 0.3) is 0 Å². The van der Waals surface area contributed by atoms with Crippen LogP contribution < -0.4 is 0 Å². The van der Waals surface area contributed by atoms with E-state index in [-0.39, 0.29) is 11.9 Å². The summed E-state index contributed by atoms with van der Waals surface area (Å²) in [4.78, 5) is 14.8. The van der Waals surface area contributed by atoms with Gasteiger partial charge in [-0.3, -0.25) is 4.79 Å². The van der Waals surface area contributed by atoms with Gasteiger partial charge < -0.3 is 14.4 Å². The Morgan fingerprint density at radius 3 is 2.61 bits per heavy atom. The highest BCUT2D eigenvalue weighted by atomic mass is 16.5. The van der Waals surface area contributed by atoms with Crippen molar-refractivity contribution in [1.82, 2.24) is 4.90 Å². The van der Waals surface area contributed by atoms with Crippen LogP contribution in [0, 0.1) is 5.92 Å². The van der Waals surface area contributed by atoms with E-state index in [1.54, 1.807) is 0 Å². The number of benzene rings is 1. The van der Waals surface area contributed by atoms with Gasteiger partial charge in [0.25, 0.3) is 0 Å². The summed E-state index contributed by atoms with van der Waals surface area (Å²) in [6, 6.07) is 11.0. The number of hydrogen-bond acceptors (Lipinski definition) is 4. The first kappa shape index (κ1) is 16.5. The fourth-order valence-corrected chi connectivity index (χ4v) is 3.78. The Morgan fingerprint density at radius 1 is 1.13 bits per heavy atom. The zero-order chi connectivity index (χ0) is 16.1. The molecule has 2 aliphatic rings. The third kappa shape index (κ3) is 4.33. The van der Waals surface area contributed by atoms with Gasteiger partial charge in [0, 0.05) is 25.3 Å². The van der Waals surface area contributed by atoms with Crippen molar-refractivity contribution in [2.24, 2.45) is 5.92 Å². The lowest BCUT2D eigenvalue weighted by Crippen LogP contribution is -2.42. The van der Waals surface area contributed by atoms with Crippen LogP contribution in [0.15, 0.2) is 30.3 Å². The van der Waals surface area contributed by atoms with Crippen molar-refractivity contribution in [1.29, 1.82) is 0 Å². The molecule has 1 aliphatic heterocycles. The number of hydrogen-bond donors (Lipinski definition) is 0. The summed E-state index contributed by atoms with van der Waals surface area (Å²) in [7, 11) is 2.21. The Morgan fingerprint density at radius 2 is 1.87 bits per heavy atom. The first-order valence-corrected chi connectivity index (χ1v) is 8.74. The second-order valence-corrected chi connectivity index (χ2v) is 6.77. The van der Waals surface area contributed by atoms with Gasteiger partial charge in [0.15, 0.2) is 0 Å². The van der Waals surface area contributed by atoms with Gasteiger partial charge in [0.1, 0.15) is 6.61 Å². The van der Waals surface area contributed by atoms with Crippen molar-refractivity contribution < 1.29 is 14.3 Å². The Kier molecular flexibility index (Phi) is 5.68. The summed E-state index contributed by atoms with van der Waals surface area (Å²) >= 11 is 0. The molecule has 0 amide bonds. The molecule has 0 aromatic heterocycles. The van der Waals surface area contributed by atoms with Crippen molar-refractivity contribution >= 4 is 5.97 Å². The quantitative estimate of drug-likeness (QED) is 0.783. The minimum atomic E-state index is -0.0308. The van der Waals surface area contributed by atoms with E-state index in [2.05, 4.69) is 11.9 Å². The minimum Gasteiger partial charge on any atom is -0.461 e. The third-order valence-corrected chi connectivity index (χ3v) is 5.30. The van der Waals surface area contributed by atoms with Gasteiger partial charge in [-0.2, -0.15) is 0 Å². The first-order chi connectivity index (χ1) is 11.2. The van der Waals surface area contributed by atoms with Gasteiger partial charge in [-0.25, -0.2) is 0 Å². The lowest BCUT2D eigenvalue weighted by Gasteiger charge is -2.35. The average molecular weight is 317 g/mol. The van der Waals surface area contributed by atoms with Crippen LogP contribution in [0.4, 0.5) is 0 Å². The topological polar surface area (TPSA) is 38.8 Å². The molecule has 126 valence electrons. The summed E-state index contributed by atoms with van der Waals surface area (Å²) in [6.07, 6.45) is 5.19. The first-order valence-electron chi connectivity index (χ1n) is 8.74. The molecular formula is C19H27NO3. The molecule has 1 aromatic rings. The number of carbonyl (C=O) groups is 1. The van der Waals surface area contributed by atoms with Gasteiger partial charge in [-0.1, -0.05) is 30.3 Å². The zero-order valence-corrected chi connectivity index (χ0v) is 13.9. The van der Waals surface area contributed by atoms with Crippen molar-refractivity contribution in [3.63, 3.8) is 0 Å². The molecule has 1 aliphatic carbocycles. The maximum Gasteiger partial charge on any atom is 0.309 e. The molecule has 3 rings (SSSR count). The Hall–Kier alpha value is -1.39. The molecule has 4 heteroatoms. The Balaban J connectivity index is 1.45. The summed E-state index contributed by atoms with van der Waals surface area (Å²) in [5, 5.41) is 0. The highest BCUT2D eigenvalue weighted by Gasteiger charge is 2.35. The summed E-state index contributed by atoms with van der Waals surface area (Å²) in [6.45, 7) is 2.12. The van der Waals surface area contributed by atoms with E-state index in [1.165, 1.54) is 0 Å². The largest absolute Gasteiger partial charge is 0.461 e. The summed E-state index contributed by atoms with van der Waals surface area (Å²) < 4.78 is 11.0. The van der Waals surface area contributed by atoms with Crippen molar-refractivity contribution in [3.05, 3.63) is 35.9 Å². The summed E-state index contributed by atoms with van der Waals surface area (Å²) in [5.74, 6) is 0.0303. The van der Waals surface area contributed by atoms with Gasteiger partial charge in [-0.15, -0.1) is 0 Å². The van der Waals surface area contributed by atoms with Crippen LogP contribution in [-0.4, -0.2) is 43.2 Å². The van der Waals surface area contributed by atoms with Gasteiger partial charge in [0.2, 0.25) is 0 Å². The number of rotatable bonds is 5. The second kappa shape index (κ2) is 7.93. The normalized spacial score (nSPS) is 25.7. The molecule has 4 nitrogen and oxygen atoms in total. The zero-order valence-electron chi connectivity index (χ0n) is 13.9. The third-order valence-electron chi connectivity index (χ3n) is 5.30. The standard InChI is InChI=1S/C19H27NO3/c1-20(17-9-11-22-12-10-17)18-8-7-16(13-18)19(21)23-14-15-5-3-2-4-6-15/h2-6,16-18H,7-14H2,1H3/t16-,18+/m0/s1. The van der Waals surface area contributed by atoms with Gasteiger partial charge in [-0.05, 0) is 44.7 Å². The number of carbonyl (C=O) groups excluding carboxylic acids is 1. The highest BCUT2D eigenvalue weighted by molar-refractivity contribution is 5.72. The number of nitrogens with zero attached hydrogens (tertiary/aromatic N) is 1. The van der Waals surface area contributed by atoms with E-state index >= 15 is 0 Å². The van der Waals surface area contributed by atoms with Crippen LogP contribution in [-0.2, 0) is 20.9 Å². The molecular weight excluding hydrogens is 290 g/mol. The van der Waals surface area contributed by atoms with Crippen molar-refractivity contribution in [3.8, 4) is 0 Å². The van der Waals surface area contributed by atoms with Crippen molar-refractivity contribution in [2.75, 3.05) is 20.3 Å². The lowest BCUT2D eigenvalue weighted by molar-refractivity contribution is -0.149. The van der Waals surface area contributed by atoms with Gasteiger partial charge in [0.05, 0.1) is 5.92 Å². The monoisotopic (exact) mass is 317 g/mol. The molecule has 23 heavy (non-hydrogen) atoms. The SMILES string of the molecule is CN(C1CCOCC1)[C@@H]1CC[C@H](C(=O)OCc2ccccc2)C1. The van der Waals surface area contributed by atoms with E-state index in [1.807, 2.05) is 30.3 Å². The van der Waals surface area contributed by atoms with Crippen LogP contribution >= 0.6 is 0 Å². The van der Waals surface area contributed by atoms with E-state index in [0.29, 0.717) is 18.7 Å². The second-order valence-electron chi connectivity index (χ2n) is 6.77. The maximum absolute atomic E-state index is 12.3. The number of ether oxygens (including phenoxy) is 2. The average Bonchev–Trinajstić information content (AvgIpc) is 3.11. The highest BCUT2D eigenvalue weighted by Crippen LogP contribution is 2.32. The molecule has 2 fully saturated rings. The molecule has 1 saturated heterocycles. The lowest BCUT2D eigenvalue weighted by atomic mass is 10.0. The predicted molar refractivity (Wildman–Crippen MR) is 89.0 cm³/mol. The number of esters is 1. The van der Waals surface area contributed by atoms with Crippen LogP contribution in [0.1, 0.15) is 37.7 Å².